The number of nitrogens with one attached hydrogen (secondary N) is 2. The minimum Gasteiger partial charge on any atom is -0.497 e. The molecule has 0 amide bonds. The number of methoxy groups -OCH3 is 1. The zero-order valence-corrected chi connectivity index (χ0v) is 16.4. The van der Waals surface area contributed by atoms with E-state index in [-0.39, 0.29) is 17.8 Å². The summed E-state index contributed by atoms with van der Waals surface area (Å²) in [5.41, 5.74) is 0.366. The molecule has 2 aromatic carbocycles. The molecule has 3 heterocycles. The summed E-state index contributed by atoms with van der Waals surface area (Å²) in [6.07, 6.45) is 1.39. The molecule has 0 fully saturated rings. The molecule has 2 N–H and O–H groups in total. The lowest BCUT2D eigenvalue weighted by atomic mass is 10.2. The molecule has 156 valence electrons. The van der Waals surface area contributed by atoms with Gasteiger partial charge in [-0.3, -0.25) is 9.78 Å². The van der Waals surface area contributed by atoms with Crippen molar-refractivity contribution in [2.45, 2.75) is 6.54 Å². The molecule has 10 nitrogen and oxygen atoms in total. The van der Waals surface area contributed by atoms with Crippen molar-refractivity contribution in [1.82, 2.24) is 19.5 Å². The maximum Gasteiger partial charge on any atom is 0.334 e. The number of nitrogens with zero attached hydrogens (tertiary/aromatic N) is 3. The van der Waals surface area contributed by atoms with Gasteiger partial charge in [-0.1, -0.05) is 12.1 Å². The molecule has 2 aromatic heterocycles. The lowest BCUT2D eigenvalue weighted by Crippen LogP contribution is -2.34. The van der Waals surface area contributed by atoms with Crippen molar-refractivity contribution in [1.29, 1.82) is 0 Å². The number of aromatic nitrogens is 4. The Morgan fingerprint density at radius 1 is 1.13 bits per heavy atom. The molecule has 0 radical (unpaired) electrons. The average Bonchev–Trinajstić information content (AvgIpc) is 3.26. The molecular weight excluding hydrogens is 402 g/mol. The van der Waals surface area contributed by atoms with Gasteiger partial charge in [-0.25, -0.2) is 14.3 Å². The second kappa shape index (κ2) is 7.48. The fraction of sp³-hybridized carbons (Fsp3) is 0.143. The molecule has 0 bridgehead atoms. The highest BCUT2D eigenvalue weighted by Gasteiger charge is 2.17. The Hall–Kier alpha value is -4.34. The van der Waals surface area contributed by atoms with Crippen LogP contribution in [0.15, 0.2) is 58.3 Å². The summed E-state index contributed by atoms with van der Waals surface area (Å²) in [6.45, 7) is 0.565. The van der Waals surface area contributed by atoms with Gasteiger partial charge >= 0.3 is 5.69 Å². The first-order valence-electron chi connectivity index (χ1n) is 9.41. The normalized spacial score (nSPS) is 12.2. The van der Waals surface area contributed by atoms with Crippen LogP contribution in [0.4, 0.5) is 5.95 Å². The standard InChI is InChI=1S/C21H17N5O5/c1-29-14-5-2-12(3-6-14)9-22-20-23-10-15-18(24-20)25-21(28)26(19(15)27)13-4-7-16-17(8-13)31-11-30-16/h2-8,10H,9,11H2,1H3,(H2,22,23,24,25,28). The van der Waals surface area contributed by atoms with Crippen LogP contribution in [0.3, 0.4) is 0 Å². The highest BCUT2D eigenvalue weighted by atomic mass is 16.7. The summed E-state index contributed by atoms with van der Waals surface area (Å²) in [5, 5.41) is 3.27. The summed E-state index contributed by atoms with van der Waals surface area (Å²) < 4.78 is 16.8. The fourth-order valence-corrected chi connectivity index (χ4v) is 3.27. The number of aromatic amines is 1. The van der Waals surface area contributed by atoms with Crippen molar-refractivity contribution in [3.05, 3.63) is 75.1 Å². The van der Waals surface area contributed by atoms with Gasteiger partial charge in [-0.2, -0.15) is 4.98 Å². The minimum atomic E-state index is -0.615. The molecule has 0 unspecified atom stereocenters. The van der Waals surface area contributed by atoms with Gasteiger partial charge in [0, 0.05) is 18.8 Å². The molecule has 0 spiro atoms. The fourth-order valence-electron chi connectivity index (χ4n) is 3.27. The van der Waals surface area contributed by atoms with E-state index in [4.69, 9.17) is 14.2 Å². The highest BCUT2D eigenvalue weighted by Crippen LogP contribution is 2.33. The summed E-state index contributed by atoms with van der Waals surface area (Å²) in [5.74, 6) is 2.09. The third kappa shape index (κ3) is 3.44. The Morgan fingerprint density at radius 3 is 2.74 bits per heavy atom. The number of rotatable bonds is 5. The van der Waals surface area contributed by atoms with Crippen molar-refractivity contribution >= 4 is 17.0 Å². The zero-order valence-electron chi connectivity index (χ0n) is 16.4. The van der Waals surface area contributed by atoms with Crippen LogP contribution in [-0.2, 0) is 6.54 Å². The van der Waals surface area contributed by atoms with Gasteiger partial charge in [0.05, 0.1) is 12.8 Å². The van der Waals surface area contributed by atoms with E-state index in [0.29, 0.717) is 29.7 Å². The molecule has 0 saturated carbocycles. The predicted octanol–water partition coefficient (Wildman–Crippen LogP) is 1.82. The summed E-state index contributed by atoms with van der Waals surface area (Å²) in [7, 11) is 1.61. The van der Waals surface area contributed by atoms with Crippen molar-refractivity contribution in [2.75, 3.05) is 19.2 Å². The largest absolute Gasteiger partial charge is 0.497 e. The minimum absolute atomic E-state index is 0.0991. The van der Waals surface area contributed by atoms with Crippen LogP contribution in [0.5, 0.6) is 17.2 Å². The van der Waals surface area contributed by atoms with E-state index in [1.54, 1.807) is 25.3 Å². The molecule has 31 heavy (non-hydrogen) atoms. The lowest BCUT2D eigenvalue weighted by Gasteiger charge is -2.09. The van der Waals surface area contributed by atoms with Crippen LogP contribution in [0.25, 0.3) is 16.7 Å². The lowest BCUT2D eigenvalue weighted by molar-refractivity contribution is 0.174. The van der Waals surface area contributed by atoms with Crippen LogP contribution in [-0.4, -0.2) is 33.4 Å². The number of fused-ring (bicyclic) bond motifs is 2. The van der Waals surface area contributed by atoms with Crippen LogP contribution in [0, 0.1) is 0 Å². The van der Waals surface area contributed by atoms with Crippen LogP contribution < -0.4 is 30.8 Å². The van der Waals surface area contributed by atoms with E-state index in [9.17, 15) is 9.59 Å². The molecule has 1 aliphatic rings. The Morgan fingerprint density at radius 2 is 1.94 bits per heavy atom. The number of benzene rings is 2. The first-order chi connectivity index (χ1) is 15.1. The molecule has 10 heteroatoms. The van der Waals surface area contributed by atoms with Crippen LogP contribution in [0.2, 0.25) is 0 Å². The van der Waals surface area contributed by atoms with E-state index >= 15 is 0 Å². The van der Waals surface area contributed by atoms with E-state index in [1.165, 1.54) is 6.20 Å². The third-order valence-electron chi connectivity index (χ3n) is 4.87. The molecular formula is C21H17N5O5. The summed E-state index contributed by atoms with van der Waals surface area (Å²) in [6, 6.07) is 12.4. The third-order valence-corrected chi connectivity index (χ3v) is 4.87. The van der Waals surface area contributed by atoms with Gasteiger partial charge in [-0.05, 0) is 29.8 Å². The molecule has 0 aliphatic carbocycles. The van der Waals surface area contributed by atoms with Crippen molar-refractivity contribution in [3.8, 4) is 22.9 Å². The summed E-state index contributed by atoms with van der Waals surface area (Å²) >= 11 is 0. The Balaban J connectivity index is 1.45. The van der Waals surface area contributed by atoms with Crippen LogP contribution >= 0.6 is 0 Å². The smallest absolute Gasteiger partial charge is 0.334 e. The van der Waals surface area contributed by atoms with Gasteiger partial charge in [0.1, 0.15) is 11.1 Å². The maximum atomic E-state index is 13.0. The monoisotopic (exact) mass is 419 g/mol. The van der Waals surface area contributed by atoms with E-state index < -0.39 is 11.2 Å². The number of hydrogen-bond acceptors (Lipinski definition) is 8. The first kappa shape index (κ1) is 18.7. The van der Waals surface area contributed by atoms with Gasteiger partial charge in [0.2, 0.25) is 12.7 Å². The number of hydrogen-bond donors (Lipinski definition) is 2. The van der Waals surface area contributed by atoms with Gasteiger partial charge in [0.25, 0.3) is 5.56 Å². The Bertz CT molecular complexity index is 1390. The van der Waals surface area contributed by atoms with Crippen molar-refractivity contribution in [3.63, 3.8) is 0 Å². The molecule has 0 saturated heterocycles. The van der Waals surface area contributed by atoms with Crippen molar-refractivity contribution < 1.29 is 14.2 Å². The second-order valence-corrected chi connectivity index (χ2v) is 6.77. The molecule has 5 rings (SSSR count). The van der Waals surface area contributed by atoms with E-state index in [1.807, 2.05) is 24.3 Å². The Kier molecular flexibility index (Phi) is 4.51. The maximum absolute atomic E-state index is 13.0. The molecule has 0 atom stereocenters. The first-order valence-corrected chi connectivity index (χ1v) is 9.41. The van der Waals surface area contributed by atoms with E-state index in [2.05, 4.69) is 20.3 Å². The van der Waals surface area contributed by atoms with E-state index in [0.717, 1.165) is 15.9 Å². The van der Waals surface area contributed by atoms with Gasteiger partial charge < -0.3 is 19.5 Å². The molecule has 1 aliphatic heterocycles. The second-order valence-electron chi connectivity index (χ2n) is 6.77. The molecule has 4 aromatic rings. The number of H-pyrrole nitrogens is 1. The SMILES string of the molecule is COc1ccc(CNc2ncc3c(=O)n(-c4ccc5c(c4)OCO5)c(=O)[nH]c3n2)cc1. The topological polar surface area (TPSA) is 120 Å². The van der Waals surface area contributed by atoms with Crippen LogP contribution in [0.1, 0.15) is 5.56 Å². The number of anilines is 1. The zero-order chi connectivity index (χ0) is 21.4. The number of ether oxygens (including phenoxy) is 3. The van der Waals surface area contributed by atoms with Crippen molar-refractivity contribution in [2.24, 2.45) is 0 Å². The Labute approximate surface area is 175 Å². The average molecular weight is 419 g/mol. The summed E-state index contributed by atoms with van der Waals surface area (Å²) in [4.78, 5) is 36.7. The van der Waals surface area contributed by atoms with Gasteiger partial charge in [0.15, 0.2) is 17.1 Å². The predicted molar refractivity (Wildman–Crippen MR) is 112 cm³/mol. The highest BCUT2D eigenvalue weighted by molar-refractivity contribution is 5.73. The van der Waals surface area contributed by atoms with Gasteiger partial charge in [-0.15, -0.1) is 0 Å². The quantitative estimate of drug-likeness (QED) is 0.503.